The Balaban J connectivity index is 0.00000300. The second-order valence-electron chi connectivity index (χ2n) is 7.07. The normalized spacial score (nSPS) is 19.4. The van der Waals surface area contributed by atoms with E-state index in [1.54, 1.807) is 4.90 Å². The molecule has 0 spiro atoms. The van der Waals surface area contributed by atoms with Crippen LogP contribution in [0.4, 0.5) is 8.78 Å². The number of benzene rings is 2. The maximum absolute atomic E-state index is 14.2. The van der Waals surface area contributed by atoms with Gasteiger partial charge >= 0.3 is 0 Å². The molecule has 29 heavy (non-hydrogen) atoms. The third kappa shape index (κ3) is 5.31. The molecule has 0 aromatic heterocycles. The molecule has 1 aliphatic heterocycles. The van der Waals surface area contributed by atoms with E-state index in [0.29, 0.717) is 13.1 Å². The van der Waals surface area contributed by atoms with Crippen molar-refractivity contribution in [1.29, 1.82) is 0 Å². The van der Waals surface area contributed by atoms with Crippen molar-refractivity contribution in [3.63, 3.8) is 0 Å². The van der Waals surface area contributed by atoms with Crippen LogP contribution in [0, 0.1) is 11.6 Å². The van der Waals surface area contributed by atoms with E-state index < -0.39 is 23.6 Å². The number of amides is 2. The number of rotatable bonds is 5. The lowest BCUT2D eigenvalue weighted by atomic mass is 9.95. The SMILES string of the molecule is CC(=O)NC(CC(=O)N1C[C@@H](N)[C@H](c2ccccc2)C1)c1c(F)cccc1F.Cl. The van der Waals surface area contributed by atoms with Crippen LogP contribution in [0.15, 0.2) is 48.5 Å². The average molecular weight is 424 g/mol. The molecular weight excluding hydrogens is 400 g/mol. The van der Waals surface area contributed by atoms with Crippen LogP contribution >= 0.6 is 12.4 Å². The van der Waals surface area contributed by atoms with Crippen molar-refractivity contribution in [3.05, 3.63) is 71.3 Å². The molecule has 2 amide bonds. The molecule has 2 aromatic rings. The van der Waals surface area contributed by atoms with Gasteiger partial charge in [-0.05, 0) is 17.7 Å². The molecule has 8 heteroatoms. The third-order valence-corrected chi connectivity index (χ3v) is 5.05. The number of carbonyl (C=O) groups excluding carboxylic acids is 2. The number of nitrogens with one attached hydrogen (secondary N) is 1. The summed E-state index contributed by atoms with van der Waals surface area (Å²) in [6.45, 7) is 2.02. The monoisotopic (exact) mass is 423 g/mol. The molecule has 0 aliphatic carbocycles. The first-order valence-electron chi connectivity index (χ1n) is 9.16. The van der Waals surface area contributed by atoms with Crippen molar-refractivity contribution in [2.45, 2.75) is 31.3 Å². The quantitative estimate of drug-likeness (QED) is 0.776. The van der Waals surface area contributed by atoms with Crippen molar-refractivity contribution < 1.29 is 18.4 Å². The lowest BCUT2D eigenvalue weighted by Crippen LogP contribution is -2.36. The van der Waals surface area contributed by atoms with Crippen molar-refractivity contribution >= 4 is 24.2 Å². The summed E-state index contributed by atoms with van der Waals surface area (Å²) in [4.78, 5) is 26.0. The van der Waals surface area contributed by atoms with Gasteiger partial charge in [0.15, 0.2) is 0 Å². The van der Waals surface area contributed by atoms with Gasteiger partial charge in [-0.25, -0.2) is 8.78 Å². The molecule has 2 aromatic carbocycles. The Morgan fingerprint density at radius 3 is 2.31 bits per heavy atom. The van der Waals surface area contributed by atoms with E-state index in [4.69, 9.17) is 5.73 Å². The van der Waals surface area contributed by atoms with Crippen LogP contribution in [0.1, 0.15) is 36.4 Å². The largest absolute Gasteiger partial charge is 0.349 e. The van der Waals surface area contributed by atoms with E-state index in [0.717, 1.165) is 17.7 Å². The van der Waals surface area contributed by atoms with Gasteiger partial charge in [-0.2, -0.15) is 0 Å². The van der Waals surface area contributed by atoms with Crippen LogP contribution in [0.3, 0.4) is 0 Å². The zero-order valence-electron chi connectivity index (χ0n) is 16.0. The number of nitrogens with zero attached hydrogens (tertiary/aromatic N) is 1. The fourth-order valence-electron chi connectivity index (χ4n) is 3.70. The number of hydrogen-bond donors (Lipinski definition) is 2. The molecule has 3 N–H and O–H groups in total. The molecule has 0 saturated carbocycles. The van der Waals surface area contributed by atoms with E-state index in [-0.39, 0.29) is 42.3 Å². The topological polar surface area (TPSA) is 75.4 Å². The molecule has 1 unspecified atom stereocenters. The van der Waals surface area contributed by atoms with Gasteiger partial charge in [0.2, 0.25) is 11.8 Å². The second kappa shape index (κ2) is 9.80. The first-order valence-corrected chi connectivity index (χ1v) is 9.16. The Labute approximate surface area is 174 Å². The maximum atomic E-state index is 14.2. The lowest BCUT2D eigenvalue weighted by molar-refractivity contribution is -0.131. The first kappa shape index (κ1) is 22.8. The van der Waals surface area contributed by atoms with Crippen LogP contribution in [0.5, 0.6) is 0 Å². The molecule has 156 valence electrons. The molecule has 1 heterocycles. The Hall–Kier alpha value is -2.51. The van der Waals surface area contributed by atoms with Gasteiger partial charge in [0, 0.05) is 37.5 Å². The van der Waals surface area contributed by atoms with Gasteiger partial charge in [-0.1, -0.05) is 36.4 Å². The highest BCUT2D eigenvalue weighted by atomic mass is 35.5. The Morgan fingerprint density at radius 2 is 1.72 bits per heavy atom. The van der Waals surface area contributed by atoms with Gasteiger partial charge < -0.3 is 16.0 Å². The summed E-state index contributed by atoms with van der Waals surface area (Å²) in [5, 5.41) is 2.49. The summed E-state index contributed by atoms with van der Waals surface area (Å²) >= 11 is 0. The fourth-order valence-corrected chi connectivity index (χ4v) is 3.70. The Bertz CT molecular complexity index is 846. The fraction of sp³-hybridized carbons (Fsp3) is 0.333. The van der Waals surface area contributed by atoms with Gasteiger partial charge in [-0.15, -0.1) is 12.4 Å². The number of likely N-dealkylation sites (tertiary alicyclic amines) is 1. The number of halogens is 3. The number of hydrogen-bond acceptors (Lipinski definition) is 3. The predicted octanol–water partition coefficient (Wildman–Crippen LogP) is 2.91. The minimum Gasteiger partial charge on any atom is -0.349 e. The van der Waals surface area contributed by atoms with Crippen molar-refractivity contribution in [3.8, 4) is 0 Å². The minimum absolute atomic E-state index is 0. The second-order valence-corrected chi connectivity index (χ2v) is 7.07. The smallest absolute Gasteiger partial charge is 0.225 e. The van der Waals surface area contributed by atoms with Crippen LogP contribution < -0.4 is 11.1 Å². The molecular formula is C21H24ClF2N3O2. The minimum atomic E-state index is -1.09. The molecule has 1 aliphatic rings. The predicted molar refractivity (Wildman–Crippen MR) is 109 cm³/mol. The van der Waals surface area contributed by atoms with Crippen LogP contribution in [-0.2, 0) is 9.59 Å². The number of nitrogens with two attached hydrogens (primary N) is 1. The molecule has 3 rings (SSSR count). The van der Waals surface area contributed by atoms with Crippen molar-refractivity contribution in [1.82, 2.24) is 10.2 Å². The van der Waals surface area contributed by atoms with Gasteiger partial charge in [0.05, 0.1) is 12.5 Å². The zero-order chi connectivity index (χ0) is 20.3. The highest BCUT2D eigenvalue weighted by Crippen LogP contribution is 2.29. The highest BCUT2D eigenvalue weighted by molar-refractivity contribution is 5.85. The summed E-state index contributed by atoms with van der Waals surface area (Å²) in [6, 6.07) is 11.8. The molecule has 0 radical (unpaired) electrons. The third-order valence-electron chi connectivity index (χ3n) is 5.05. The zero-order valence-corrected chi connectivity index (χ0v) is 16.8. The molecule has 3 atom stereocenters. The summed E-state index contributed by atoms with van der Waals surface area (Å²) in [7, 11) is 0. The Kier molecular flexibility index (Phi) is 7.70. The summed E-state index contributed by atoms with van der Waals surface area (Å²) in [5.41, 5.74) is 6.96. The maximum Gasteiger partial charge on any atom is 0.225 e. The van der Waals surface area contributed by atoms with E-state index >= 15 is 0 Å². The number of carbonyl (C=O) groups is 2. The summed E-state index contributed by atoms with van der Waals surface area (Å²) < 4.78 is 28.4. The van der Waals surface area contributed by atoms with Gasteiger partial charge in [0.25, 0.3) is 0 Å². The average Bonchev–Trinajstić information content (AvgIpc) is 3.03. The van der Waals surface area contributed by atoms with E-state index in [9.17, 15) is 18.4 Å². The van der Waals surface area contributed by atoms with E-state index in [2.05, 4.69) is 5.32 Å². The van der Waals surface area contributed by atoms with E-state index in [1.165, 1.54) is 13.0 Å². The van der Waals surface area contributed by atoms with Gasteiger partial charge in [0.1, 0.15) is 11.6 Å². The van der Waals surface area contributed by atoms with E-state index in [1.807, 2.05) is 30.3 Å². The molecule has 1 saturated heterocycles. The van der Waals surface area contributed by atoms with Crippen molar-refractivity contribution in [2.75, 3.05) is 13.1 Å². The van der Waals surface area contributed by atoms with Gasteiger partial charge in [-0.3, -0.25) is 9.59 Å². The van der Waals surface area contributed by atoms with Crippen LogP contribution in [0.25, 0.3) is 0 Å². The summed E-state index contributed by atoms with van der Waals surface area (Å²) in [6.07, 6.45) is -0.244. The van der Waals surface area contributed by atoms with Crippen molar-refractivity contribution in [2.24, 2.45) is 5.73 Å². The Morgan fingerprint density at radius 1 is 1.10 bits per heavy atom. The molecule has 0 bridgehead atoms. The lowest BCUT2D eigenvalue weighted by Gasteiger charge is -2.23. The van der Waals surface area contributed by atoms with Crippen LogP contribution in [0.2, 0.25) is 0 Å². The summed E-state index contributed by atoms with van der Waals surface area (Å²) in [5.74, 6) is -2.38. The van der Waals surface area contributed by atoms with Crippen LogP contribution in [-0.4, -0.2) is 35.8 Å². The first-order chi connectivity index (χ1) is 13.4. The highest BCUT2D eigenvalue weighted by Gasteiger charge is 2.35. The molecule has 1 fully saturated rings. The standard InChI is InChI=1S/C21H23F2N3O2.ClH/c1-13(27)25-19(21-16(22)8-5-9-17(21)23)10-20(28)26-11-15(18(24)12-26)14-6-3-2-4-7-14;/h2-9,15,18-19H,10-12,24H2,1H3,(H,25,27);1H/t15-,18+,19?;/m0./s1. The molecule has 5 nitrogen and oxygen atoms in total.